The number of para-hydroxylation sites is 1. The Labute approximate surface area is 151 Å². The van der Waals surface area contributed by atoms with Gasteiger partial charge < -0.3 is 5.32 Å². The van der Waals surface area contributed by atoms with E-state index in [0.29, 0.717) is 16.5 Å². The number of alkyl halides is 3. The number of aromatic nitrogens is 3. The maximum Gasteiger partial charge on any atom is 0.416 e. The van der Waals surface area contributed by atoms with Crippen LogP contribution in [0.5, 0.6) is 0 Å². The number of carbonyl (C=O) groups excluding carboxylic acids is 1. The highest BCUT2D eigenvalue weighted by Gasteiger charge is 2.30. The molecule has 0 radical (unpaired) electrons. The lowest BCUT2D eigenvalue weighted by Gasteiger charge is -2.07. The third kappa shape index (κ3) is 3.70. The zero-order chi connectivity index (χ0) is 18.9. The lowest BCUT2D eigenvalue weighted by atomic mass is 10.2. The molecular weight excluding hydrogens is 369 g/mol. The van der Waals surface area contributed by atoms with Gasteiger partial charge in [-0.25, -0.2) is 9.67 Å². The van der Waals surface area contributed by atoms with E-state index in [2.05, 4.69) is 15.4 Å². The van der Waals surface area contributed by atoms with Gasteiger partial charge in [0.25, 0.3) is 5.91 Å². The van der Waals surface area contributed by atoms with Crippen LogP contribution < -0.4 is 5.32 Å². The van der Waals surface area contributed by atoms with Crippen molar-refractivity contribution in [2.45, 2.75) is 13.1 Å². The standard InChI is InChI=1S/C17H12ClF3N4O/c1-10-22-15(24-25(10)14-5-3-2-4-13(14)18)16(26)23-12-8-6-11(7-9-12)17(19,20)21/h2-9H,1H3,(H,23,26). The monoisotopic (exact) mass is 380 g/mol. The van der Waals surface area contributed by atoms with Gasteiger partial charge >= 0.3 is 6.18 Å². The molecule has 0 aliphatic heterocycles. The Kier molecular flexibility index (Phi) is 4.69. The topological polar surface area (TPSA) is 59.8 Å². The number of aryl methyl sites for hydroxylation is 1. The number of anilines is 1. The number of hydrogen-bond donors (Lipinski definition) is 1. The number of rotatable bonds is 3. The average molecular weight is 381 g/mol. The lowest BCUT2D eigenvalue weighted by molar-refractivity contribution is -0.137. The van der Waals surface area contributed by atoms with E-state index < -0.39 is 17.6 Å². The fourth-order valence-corrected chi connectivity index (χ4v) is 2.48. The van der Waals surface area contributed by atoms with Gasteiger partial charge in [-0.15, -0.1) is 5.10 Å². The second-order valence-corrected chi connectivity index (χ2v) is 5.78. The fraction of sp³-hybridized carbons (Fsp3) is 0.118. The molecule has 2 aromatic carbocycles. The van der Waals surface area contributed by atoms with Crippen molar-refractivity contribution in [3.8, 4) is 5.69 Å². The van der Waals surface area contributed by atoms with Gasteiger partial charge in [-0.3, -0.25) is 4.79 Å². The van der Waals surface area contributed by atoms with E-state index in [1.54, 1.807) is 31.2 Å². The van der Waals surface area contributed by atoms with Crippen LogP contribution in [0.2, 0.25) is 5.02 Å². The molecule has 0 saturated carbocycles. The van der Waals surface area contributed by atoms with Gasteiger partial charge in [0.15, 0.2) is 0 Å². The van der Waals surface area contributed by atoms with Crippen LogP contribution in [0, 0.1) is 6.92 Å². The van der Waals surface area contributed by atoms with E-state index in [1.165, 1.54) is 16.8 Å². The Morgan fingerprint density at radius 1 is 1.12 bits per heavy atom. The van der Waals surface area contributed by atoms with Crippen LogP contribution in [-0.4, -0.2) is 20.7 Å². The van der Waals surface area contributed by atoms with E-state index >= 15 is 0 Å². The molecule has 3 rings (SSSR count). The van der Waals surface area contributed by atoms with Gasteiger partial charge in [0.05, 0.1) is 16.3 Å². The first-order valence-electron chi connectivity index (χ1n) is 7.43. The van der Waals surface area contributed by atoms with E-state index in [9.17, 15) is 18.0 Å². The lowest BCUT2D eigenvalue weighted by Crippen LogP contribution is -2.14. The highest BCUT2D eigenvalue weighted by Crippen LogP contribution is 2.29. The molecule has 0 atom stereocenters. The van der Waals surface area contributed by atoms with Crippen LogP contribution >= 0.6 is 11.6 Å². The average Bonchev–Trinajstić information content (AvgIpc) is 2.97. The van der Waals surface area contributed by atoms with Crippen molar-refractivity contribution in [1.82, 2.24) is 14.8 Å². The van der Waals surface area contributed by atoms with Crippen LogP contribution in [-0.2, 0) is 6.18 Å². The van der Waals surface area contributed by atoms with Crippen molar-refractivity contribution < 1.29 is 18.0 Å². The highest BCUT2D eigenvalue weighted by atomic mass is 35.5. The first-order chi connectivity index (χ1) is 12.3. The van der Waals surface area contributed by atoms with Gasteiger partial charge in [0, 0.05) is 5.69 Å². The first-order valence-corrected chi connectivity index (χ1v) is 7.80. The molecule has 134 valence electrons. The van der Waals surface area contributed by atoms with Crippen LogP contribution in [0.3, 0.4) is 0 Å². The molecule has 0 fully saturated rings. The number of benzene rings is 2. The van der Waals surface area contributed by atoms with Gasteiger partial charge in [-0.1, -0.05) is 23.7 Å². The van der Waals surface area contributed by atoms with Crippen LogP contribution in [0.15, 0.2) is 48.5 Å². The van der Waals surface area contributed by atoms with E-state index in [0.717, 1.165) is 12.1 Å². The van der Waals surface area contributed by atoms with Crippen molar-refractivity contribution in [2.75, 3.05) is 5.32 Å². The molecule has 0 unspecified atom stereocenters. The summed E-state index contributed by atoms with van der Waals surface area (Å²) in [7, 11) is 0. The maximum absolute atomic E-state index is 12.6. The third-order valence-electron chi connectivity index (χ3n) is 3.52. The summed E-state index contributed by atoms with van der Waals surface area (Å²) in [5, 5.41) is 7.03. The molecule has 0 spiro atoms. The summed E-state index contributed by atoms with van der Waals surface area (Å²) in [6, 6.07) is 11.0. The van der Waals surface area contributed by atoms with Gasteiger partial charge in [0.1, 0.15) is 5.82 Å². The van der Waals surface area contributed by atoms with Crippen molar-refractivity contribution >= 4 is 23.2 Å². The number of amides is 1. The second kappa shape index (κ2) is 6.80. The molecular formula is C17H12ClF3N4O. The summed E-state index contributed by atoms with van der Waals surface area (Å²) in [5.74, 6) is -0.323. The summed E-state index contributed by atoms with van der Waals surface area (Å²) < 4.78 is 39.1. The summed E-state index contributed by atoms with van der Waals surface area (Å²) in [6.07, 6.45) is -4.44. The molecule has 3 aromatic rings. The zero-order valence-electron chi connectivity index (χ0n) is 13.4. The van der Waals surface area contributed by atoms with Gasteiger partial charge in [0.2, 0.25) is 5.82 Å². The van der Waals surface area contributed by atoms with E-state index in [1.807, 2.05) is 0 Å². The first kappa shape index (κ1) is 17.9. The van der Waals surface area contributed by atoms with Crippen LogP contribution in [0.25, 0.3) is 5.69 Å². The Morgan fingerprint density at radius 3 is 2.38 bits per heavy atom. The Bertz CT molecular complexity index is 951. The fourth-order valence-electron chi connectivity index (χ4n) is 2.27. The van der Waals surface area contributed by atoms with Crippen molar-refractivity contribution in [3.63, 3.8) is 0 Å². The zero-order valence-corrected chi connectivity index (χ0v) is 14.1. The number of hydrogen-bond acceptors (Lipinski definition) is 3. The predicted molar refractivity (Wildman–Crippen MR) is 90.5 cm³/mol. The maximum atomic E-state index is 12.6. The van der Waals surface area contributed by atoms with Gasteiger partial charge in [-0.05, 0) is 43.3 Å². The molecule has 0 saturated heterocycles. The molecule has 0 aliphatic carbocycles. The number of nitrogens with zero attached hydrogens (tertiary/aromatic N) is 3. The molecule has 9 heteroatoms. The minimum Gasteiger partial charge on any atom is -0.319 e. The summed E-state index contributed by atoms with van der Waals surface area (Å²) in [5.41, 5.74) is -0.0324. The molecule has 1 aromatic heterocycles. The molecule has 5 nitrogen and oxygen atoms in total. The second-order valence-electron chi connectivity index (χ2n) is 5.38. The molecule has 0 aliphatic rings. The number of carbonyl (C=O) groups is 1. The number of nitrogens with one attached hydrogen (secondary N) is 1. The molecule has 0 bridgehead atoms. The SMILES string of the molecule is Cc1nc(C(=O)Nc2ccc(C(F)(F)F)cc2)nn1-c1ccccc1Cl. The highest BCUT2D eigenvalue weighted by molar-refractivity contribution is 6.32. The van der Waals surface area contributed by atoms with Crippen molar-refractivity contribution in [3.05, 3.63) is 70.8 Å². The Hall–Kier alpha value is -2.87. The third-order valence-corrected chi connectivity index (χ3v) is 3.84. The molecule has 1 heterocycles. The summed E-state index contributed by atoms with van der Waals surface area (Å²) in [6.45, 7) is 1.66. The smallest absolute Gasteiger partial charge is 0.319 e. The predicted octanol–water partition coefficient (Wildman–Crippen LogP) is 4.50. The van der Waals surface area contributed by atoms with Crippen LogP contribution in [0.4, 0.5) is 18.9 Å². The van der Waals surface area contributed by atoms with E-state index in [-0.39, 0.29) is 11.5 Å². The Balaban J connectivity index is 1.81. The van der Waals surface area contributed by atoms with Crippen molar-refractivity contribution in [1.29, 1.82) is 0 Å². The van der Waals surface area contributed by atoms with Gasteiger partial charge in [-0.2, -0.15) is 13.2 Å². The summed E-state index contributed by atoms with van der Waals surface area (Å²) in [4.78, 5) is 16.4. The summed E-state index contributed by atoms with van der Waals surface area (Å²) >= 11 is 6.12. The minimum absolute atomic E-state index is 0.123. The Morgan fingerprint density at radius 2 is 1.77 bits per heavy atom. The molecule has 1 amide bonds. The minimum atomic E-state index is -4.44. The van der Waals surface area contributed by atoms with E-state index in [4.69, 9.17) is 11.6 Å². The molecule has 1 N–H and O–H groups in total. The quantitative estimate of drug-likeness (QED) is 0.727. The number of halogens is 4. The van der Waals surface area contributed by atoms with Crippen molar-refractivity contribution in [2.24, 2.45) is 0 Å². The van der Waals surface area contributed by atoms with Crippen LogP contribution in [0.1, 0.15) is 22.0 Å². The largest absolute Gasteiger partial charge is 0.416 e. The normalized spacial score (nSPS) is 11.4. The molecule has 26 heavy (non-hydrogen) atoms.